The number of nitriles is 1. The summed E-state index contributed by atoms with van der Waals surface area (Å²) in [6.07, 6.45) is 1.13. The van der Waals surface area contributed by atoms with Crippen molar-refractivity contribution in [2.75, 3.05) is 13.1 Å². The molecule has 0 amide bonds. The van der Waals surface area contributed by atoms with Gasteiger partial charge in [0, 0.05) is 18.7 Å². The Morgan fingerprint density at radius 2 is 2.00 bits per heavy atom. The SMILES string of the molecule is N#CC(c1cccc(Cl)c1Cl)N1CCC(O)CC1. The van der Waals surface area contributed by atoms with Crippen molar-refractivity contribution in [3.05, 3.63) is 33.8 Å². The van der Waals surface area contributed by atoms with Crippen LogP contribution in [0.4, 0.5) is 0 Å². The molecule has 1 aliphatic rings. The summed E-state index contributed by atoms with van der Waals surface area (Å²) in [5, 5.41) is 19.8. The summed E-state index contributed by atoms with van der Waals surface area (Å²) in [7, 11) is 0. The Hall–Kier alpha value is -0.790. The number of likely N-dealkylation sites (tertiary alicyclic amines) is 1. The zero-order valence-electron chi connectivity index (χ0n) is 9.81. The van der Waals surface area contributed by atoms with E-state index < -0.39 is 6.04 Å². The topological polar surface area (TPSA) is 47.3 Å². The Morgan fingerprint density at radius 3 is 2.61 bits per heavy atom. The lowest BCUT2D eigenvalue weighted by Crippen LogP contribution is -2.38. The molecule has 1 fully saturated rings. The van der Waals surface area contributed by atoms with E-state index in [0.717, 1.165) is 5.56 Å². The van der Waals surface area contributed by atoms with Gasteiger partial charge >= 0.3 is 0 Å². The summed E-state index contributed by atoms with van der Waals surface area (Å²) in [5.74, 6) is 0. The Balaban J connectivity index is 2.24. The molecule has 1 N–H and O–H groups in total. The Morgan fingerprint density at radius 1 is 1.33 bits per heavy atom. The molecule has 1 aromatic carbocycles. The third-order valence-electron chi connectivity index (χ3n) is 3.26. The number of rotatable bonds is 2. The average molecular weight is 285 g/mol. The number of hydrogen-bond acceptors (Lipinski definition) is 3. The Kier molecular flexibility index (Phi) is 4.47. The third kappa shape index (κ3) is 2.78. The molecular weight excluding hydrogens is 271 g/mol. The maximum Gasteiger partial charge on any atom is 0.125 e. The number of nitrogens with zero attached hydrogens (tertiary/aromatic N) is 2. The van der Waals surface area contributed by atoms with Crippen molar-refractivity contribution in [3.63, 3.8) is 0 Å². The summed E-state index contributed by atoms with van der Waals surface area (Å²) in [4.78, 5) is 2.03. The van der Waals surface area contributed by atoms with E-state index in [1.54, 1.807) is 12.1 Å². The molecule has 0 radical (unpaired) electrons. The van der Waals surface area contributed by atoms with Crippen LogP contribution >= 0.6 is 23.2 Å². The van der Waals surface area contributed by atoms with Crippen molar-refractivity contribution in [1.82, 2.24) is 4.90 Å². The van der Waals surface area contributed by atoms with E-state index in [4.69, 9.17) is 23.2 Å². The van der Waals surface area contributed by atoms with Crippen molar-refractivity contribution in [3.8, 4) is 6.07 Å². The zero-order valence-corrected chi connectivity index (χ0v) is 11.3. The van der Waals surface area contributed by atoms with Crippen LogP contribution in [0, 0.1) is 11.3 Å². The first-order valence-corrected chi connectivity index (χ1v) is 6.64. The van der Waals surface area contributed by atoms with Gasteiger partial charge in [-0.25, -0.2) is 0 Å². The molecule has 5 heteroatoms. The van der Waals surface area contributed by atoms with Crippen LogP contribution in [0.15, 0.2) is 18.2 Å². The van der Waals surface area contributed by atoms with Crippen LogP contribution < -0.4 is 0 Å². The molecule has 0 aliphatic carbocycles. The Bertz CT molecular complexity index is 465. The Labute approximate surface area is 117 Å². The monoisotopic (exact) mass is 284 g/mol. The first kappa shape index (κ1) is 13.6. The summed E-state index contributed by atoms with van der Waals surface area (Å²) < 4.78 is 0. The number of halogens is 2. The van der Waals surface area contributed by atoms with Gasteiger partial charge in [0.15, 0.2) is 0 Å². The molecule has 0 bridgehead atoms. The average Bonchev–Trinajstić information content (AvgIpc) is 2.37. The summed E-state index contributed by atoms with van der Waals surface area (Å²) >= 11 is 12.1. The fourth-order valence-corrected chi connectivity index (χ4v) is 2.63. The first-order valence-electron chi connectivity index (χ1n) is 5.89. The van der Waals surface area contributed by atoms with Gasteiger partial charge in [-0.15, -0.1) is 0 Å². The van der Waals surface area contributed by atoms with E-state index in [0.29, 0.717) is 36.0 Å². The quantitative estimate of drug-likeness (QED) is 0.908. The number of benzene rings is 1. The van der Waals surface area contributed by atoms with Crippen molar-refractivity contribution in [2.24, 2.45) is 0 Å². The minimum atomic E-state index is -0.399. The number of aliphatic hydroxyl groups is 1. The highest BCUT2D eigenvalue weighted by Crippen LogP contribution is 2.33. The van der Waals surface area contributed by atoms with E-state index in [1.807, 2.05) is 11.0 Å². The lowest BCUT2D eigenvalue weighted by molar-refractivity contribution is 0.0716. The van der Waals surface area contributed by atoms with Gasteiger partial charge in [-0.3, -0.25) is 4.90 Å². The molecule has 1 unspecified atom stereocenters. The van der Waals surface area contributed by atoms with Gasteiger partial charge in [0.05, 0.1) is 22.2 Å². The van der Waals surface area contributed by atoms with Gasteiger partial charge in [-0.1, -0.05) is 35.3 Å². The van der Waals surface area contributed by atoms with E-state index in [9.17, 15) is 10.4 Å². The highest BCUT2D eigenvalue weighted by molar-refractivity contribution is 6.42. The van der Waals surface area contributed by atoms with Gasteiger partial charge in [0.25, 0.3) is 0 Å². The van der Waals surface area contributed by atoms with E-state index in [-0.39, 0.29) is 6.10 Å². The fourth-order valence-electron chi connectivity index (χ4n) is 2.22. The molecule has 2 rings (SSSR count). The predicted molar refractivity (Wildman–Crippen MR) is 71.6 cm³/mol. The highest BCUT2D eigenvalue weighted by atomic mass is 35.5. The largest absolute Gasteiger partial charge is 0.393 e. The molecule has 1 aromatic rings. The van der Waals surface area contributed by atoms with Crippen molar-refractivity contribution < 1.29 is 5.11 Å². The van der Waals surface area contributed by atoms with Gasteiger partial charge in [0.1, 0.15) is 6.04 Å². The van der Waals surface area contributed by atoms with Gasteiger partial charge < -0.3 is 5.11 Å². The summed E-state index contributed by atoms with van der Waals surface area (Å²) in [5.41, 5.74) is 0.739. The fraction of sp³-hybridized carbons (Fsp3) is 0.462. The second-order valence-electron chi connectivity index (χ2n) is 4.44. The molecule has 1 saturated heterocycles. The molecule has 96 valence electrons. The van der Waals surface area contributed by atoms with Crippen molar-refractivity contribution in [1.29, 1.82) is 5.26 Å². The molecule has 0 aromatic heterocycles. The molecule has 1 heterocycles. The second-order valence-corrected chi connectivity index (χ2v) is 5.23. The van der Waals surface area contributed by atoms with Crippen LogP contribution in [-0.2, 0) is 0 Å². The standard InChI is InChI=1S/C13H14Cl2N2O/c14-11-3-1-2-10(13(11)15)12(8-16)17-6-4-9(18)5-7-17/h1-3,9,12,18H,4-7H2. The minimum Gasteiger partial charge on any atom is -0.393 e. The van der Waals surface area contributed by atoms with Crippen LogP contribution in [-0.4, -0.2) is 29.2 Å². The lowest BCUT2D eigenvalue weighted by Gasteiger charge is -2.33. The van der Waals surface area contributed by atoms with E-state index >= 15 is 0 Å². The summed E-state index contributed by atoms with van der Waals surface area (Å²) in [6, 6.07) is 7.21. The minimum absolute atomic E-state index is 0.254. The molecule has 0 saturated carbocycles. The lowest BCUT2D eigenvalue weighted by atomic mass is 10.0. The van der Waals surface area contributed by atoms with Crippen LogP contribution in [0.3, 0.4) is 0 Å². The molecule has 18 heavy (non-hydrogen) atoms. The molecule has 3 nitrogen and oxygen atoms in total. The van der Waals surface area contributed by atoms with E-state index in [2.05, 4.69) is 6.07 Å². The smallest absolute Gasteiger partial charge is 0.125 e. The van der Waals surface area contributed by atoms with Crippen LogP contribution in [0.2, 0.25) is 10.0 Å². The van der Waals surface area contributed by atoms with Gasteiger partial charge in [0.2, 0.25) is 0 Å². The van der Waals surface area contributed by atoms with Crippen molar-refractivity contribution >= 4 is 23.2 Å². The molecule has 0 spiro atoms. The maximum absolute atomic E-state index is 9.49. The normalized spacial score (nSPS) is 19.4. The number of piperidine rings is 1. The van der Waals surface area contributed by atoms with Gasteiger partial charge in [-0.05, 0) is 18.9 Å². The van der Waals surface area contributed by atoms with E-state index in [1.165, 1.54) is 0 Å². The number of aliphatic hydroxyl groups excluding tert-OH is 1. The van der Waals surface area contributed by atoms with Crippen LogP contribution in [0.5, 0.6) is 0 Å². The number of hydrogen-bond donors (Lipinski definition) is 1. The molecule has 1 atom stereocenters. The van der Waals surface area contributed by atoms with Crippen LogP contribution in [0.1, 0.15) is 24.4 Å². The second kappa shape index (κ2) is 5.90. The molecule has 1 aliphatic heterocycles. The van der Waals surface area contributed by atoms with Crippen LogP contribution in [0.25, 0.3) is 0 Å². The summed E-state index contributed by atoms with van der Waals surface area (Å²) in [6.45, 7) is 1.39. The third-order valence-corrected chi connectivity index (χ3v) is 4.10. The maximum atomic E-state index is 9.49. The van der Waals surface area contributed by atoms with Crippen molar-refractivity contribution in [2.45, 2.75) is 25.0 Å². The first-order chi connectivity index (χ1) is 8.63. The van der Waals surface area contributed by atoms with Gasteiger partial charge in [-0.2, -0.15) is 5.26 Å². The molecular formula is C13H14Cl2N2O. The highest BCUT2D eigenvalue weighted by Gasteiger charge is 2.26. The predicted octanol–water partition coefficient (Wildman–Crippen LogP) is 3.01. The zero-order chi connectivity index (χ0) is 13.1.